The van der Waals surface area contributed by atoms with Crippen LogP contribution in [0.3, 0.4) is 0 Å². The third-order valence-electron chi connectivity index (χ3n) is 4.04. The Morgan fingerprint density at radius 3 is 2.90 bits per heavy atom. The van der Waals surface area contributed by atoms with Crippen LogP contribution in [0.2, 0.25) is 0 Å². The van der Waals surface area contributed by atoms with Gasteiger partial charge in [0.15, 0.2) is 0 Å². The first-order valence-electron chi connectivity index (χ1n) is 7.58. The predicted molar refractivity (Wildman–Crippen MR) is 83.7 cm³/mol. The lowest BCUT2D eigenvalue weighted by Crippen LogP contribution is -2.42. The van der Waals surface area contributed by atoms with Crippen LogP contribution in [0.15, 0.2) is 12.3 Å². The summed E-state index contributed by atoms with van der Waals surface area (Å²) in [6, 6.07) is 1.88. The van der Waals surface area contributed by atoms with Gasteiger partial charge in [-0.05, 0) is 58.7 Å². The Kier molecular flexibility index (Phi) is 5.12. The van der Waals surface area contributed by atoms with E-state index in [1.807, 2.05) is 0 Å². The van der Waals surface area contributed by atoms with E-state index >= 15 is 0 Å². The van der Waals surface area contributed by atoms with E-state index in [9.17, 15) is 10.1 Å². The molecule has 1 saturated heterocycles. The molecule has 2 heterocycles. The summed E-state index contributed by atoms with van der Waals surface area (Å²) in [7, 11) is 0. The van der Waals surface area contributed by atoms with Crippen LogP contribution in [0, 0.1) is 23.0 Å². The van der Waals surface area contributed by atoms with Crippen LogP contribution in [0.1, 0.15) is 32.3 Å². The molecule has 1 atom stereocenters. The fourth-order valence-electron chi connectivity index (χ4n) is 2.87. The van der Waals surface area contributed by atoms with Crippen LogP contribution in [0.4, 0.5) is 11.5 Å². The van der Waals surface area contributed by atoms with Gasteiger partial charge in [-0.1, -0.05) is 0 Å². The summed E-state index contributed by atoms with van der Waals surface area (Å²) in [5.74, 6) is 1.02. The van der Waals surface area contributed by atoms with Crippen molar-refractivity contribution in [3.63, 3.8) is 0 Å². The average Bonchev–Trinajstić information content (AvgIpc) is 2.45. The topological polar surface area (TPSA) is 71.3 Å². The van der Waals surface area contributed by atoms with Gasteiger partial charge in [-0.2, -0.15) is 0 Å². The number of pyridine rings is 1. The van der Waals surface area contributed by atoms with Crippen LogP contribution in [-0.2, 0) is 0 Å². The molecule has 1 N–H and O–H groups in total. The monoisotopic (exact) mass is 292 g/mol. The van der Waals surface area contributed by atoms with E-state index in [-0.39, 0.29) is 16.7 Å². The summed E-state index contributed by atoms with van der Waals surface area (Å²) in [4.78, 5) is 17.5. The van der Waals surface area contributed by atoms with E-state index in [1.165, 1.54) is 6.42 Å². The van der Waals surface area contributed by atoms with E-state index in [4.69, 9.17) is 0 Å². The lowest BCUT2D eigenvalue weighted by molar-refractivity contribution is -0.384. The SMILES string of the molecule is Cc1ccnc(N(CC2CCCNC2)C(C)C)c1[N+](=O)[O-]. The minimum absolute atomic E-state index is 0.134. The fraction of sp³-hybridized carbons (Fsp3) is 0.667. The molecule has 1 fully saturated rings. The maximum absolute atomic E-state index is 11.4. The summed E-state index contributed by atoms with van der Waals surface area (Å²) in [5.41, 5.74) is 0.799. The highest BCUT2D eigenvalue weighted by Crippen LogP contribution is 2.31. The lowest BCUT2D eigenvalue weighted by Gasteiger charge is -2.33. The maximum atomic E-state index is 11.4. The van der Waals surface area contributed by atoms with Crippen molar-refractivity contribution in [2.24, 2.45) is 5.92 Å². The molecule has 0 aromatic carbocycles. The van der Waals surface area contributed by atoms with Crippen molar-refractivity contribution in [2.75, 3.05) is 24.5 Å². The maximum Gasteiger partial charge on any atom is 0.314 e. The van der Waals surface area contributed by atoms with Gasteiger partial charge in [-0.3, -0.25) is 10.1 Å². The summed E-state index contributed by atoms with van der Waals surface area (Å²) in [6.07, 6.45) is 3.99. The van der Waals surface area contributed by atoms with E-state index in [0.717, 1.165) is 26.1 Å². The Labute approximate surface area is 125 Å². The molecule has 0 amide bonds. The third-order valence-corrected chi connectivity index (χ3v) is 4.04. The quantitative estimate of drug-likeness (QED) is 0.667. The highest BCUT2D eigenvalue weighted by Gasteiger charge is 2.27. The lowest BCUT2D eigenvalue weighted by atomic mass is 9.98. The highest BCUT2D eigenvalue weighted by atomic mass is 16.6. The van der Waals surface area contributed by atoms with Gasteiger partial charge in [0.25, 0.3) is 0 Å². The minimum Gasteiger partial charge on any atom is -0.348 e. The number of hydrogen-bond donors (Lipinski definition) is 1. The number of aromatic nitrogens is 1. The van der Waals surface area contributed by atoms with Crippen molar-refractivity contribution >= 4 is 11.5 Å². The van der Waals surface area contributed by atoms with Crippen molar-refractivity contribution in [3.05, 3.63) is 27.9 Å². The molecule has 116 valence electrons. The molecule has 1 aliphatic rings. The molecule has 1 unspecified atom stereocenters. The van der Waals surface area contributed by atoms with Gasteiger partial charge < -0.3 is 10.2 Å². The zero-order chi connectivity index (χ0) is 15.4. The largest absolute Gasteiger partial charge is 0.348 e. The van der Waals surface area contributed by atoms with Crippen LogP contribution in [0.25, 0.3) is 0 Å². The molecule has 2 rings (SSSR count). The van der Waals surface area contributed by atoms with Crippen LogP contribution in [-0.4, -0.2) is 35.6 Å². The summed E-state index contributed by atoms with van der Waals surface area (Å²) >= 11 is 0. The number of aryl methyl sites for hydroxylation is 1. The molecule has 0 radical (unpaired) electrons. The summed E-state index contributed by atoms with van der Waals surface area (Å²) in [5, 5.41) is 14.8. The van der Waals surface area contributed by atoms with Gasteiger partial charge in [0.05, 0.1) is 4.92 Å². The number of hydrogen-bond acceptors (Lipinski definition) is 5. The molecule has 0 bridgehead atoms. The second-order valence-corrected chi connectivity index (χ2v) is 6.02. The zero-order valence-corrected chi connectivity index (χ0v) is 13.0. The Morgan fingerprint density at radius 2 is 2.33 bits per heavy atom. The van der Waals surface area contributed by atoms with Crippen LogP contribution >= 0.6 is 0 Å². The molecule has 1 aliphatic heterocycles. The number of piperidine rings is 1. The molecule has 0 aliphatic carbocycles. The molecule has 1 aromatic heterocycles. The number of nitro groups is 1. The second-order valence-electron chi connectivity index (χ2n) is 6.02. The number of anilines is 1. The molecule has 0 saturated carbocycles. The van der Waals surface area contributed by atoms with Gasteiger partial charge in [0, 0.05) is 24.3 Å². The van der Waals surface area contributed by atoms with Gasteiger partial charge in [-0.25, -0.2) is 4.98 Å². The third kappa shape index (κ3) is 3.69. The normalized spacial score (nSPS) is 18.8. The average molecular weight is 292 g/mol. The predicted octanol–water partition coefficient (Wildman–Crippen LogP) is 2.51. The fourth-order valence-corrected chi connectivity index (χ4v) is 2.87. The molecular formula is C15H24N4O2. The molecular weight excluding hydrogens is 268 g/mol. The van der Waals surface area contributed by atoms with Crippen LogP contribution in [0.5, 0.6) is 0 Å². The van der Waals surface area contributed by atoms with Gasteiger partial charge >= 0.3 is 5.69 Å². The first-order chi connectivity index (χ1) is 10.0. The molecule has 1 aromatic rings. The van der Waals surface area contributed by atoms with Crippen molar-refractivity contribution in [1.82, 2.24) is 10.3 Å². The van der Waals surface area contributed by atoms with Crippen molar-refractivity contribution < 1.29 is 4.92 Å². The Morgan fingerprint density at radius 1 is 1.57 bits per heavy atom. The minimum atomic E-state index is -0.313. The first-order valence-corrected chi connectivity index (χ1v) is 7.58. The number of nitrogens with zero attached hydrogens (tertiary/aromatic N) is 3. The van der Waals surface area contributed by atoms with Crippen molar-refractivity contribution in [1.29, 1.82) is 0 Å². The van der Waals surface area contributed by atoms with Gasteiger partial charge in [-0.15, -0.1) is 0 Å². The Balaban J connectivity index is 2.29. The zero-order valence-electron chi connectivity index (χ0n) is 13.0. The Bertz CT molecular complexity index is 498. The molecule has 6 nitrogen and oxygen atoms in total. The summed E-state index contributed by atoms with van der Waals surface area (Å²) < 4.78 is 0. The standard InChI is InChI=1S/C15H24N4O2/c1-11(2)18(10-13-5-4-7-16-9-13)15-14(19(20)21)12(3)6-8-17-15/h6,8,11,13,16H,4-5,7,9-10H2,1-3H3. The second kappa shape index (κ2) is 6.85. The van der Waals surface area contributed by atoms with Gasteiger partial charge in [0.1, 0.15) is 0 Å². The molecule has 6 heteroatoms. The van der Waals surface area contributed by atoms with Crippen LogP contribution < -0.4 is 10.2 Å². The summed E-state index contributed by atoms with van der Waals surface area (Å²) in [6.45, 7) is 8.74. The number of nitrogens with one attached hydrogen (secondary N) is 1. The highest BCUT2D eigenvalue weighted by molar-refractivity contribution is 5.61. The van der Waals surface area contributed by atoms with Crippen molar-refractivity contribution in [3.8, 4) is 0 Å². The number of rotatable bonds is 5. The van der Waals surface area contributed by atoms with E-state index in [0.29, 0.717) is 17.3 Å². The molecule has 0 spiro atoms. The molecule has 21 heavy (non-hydrogen) atoms. The Hall–Kier alpha value is -1.69. The van der Waals surface area contributed by atoms with E-state index in [2.05, 4.69) is 29.0 Å². The smallest absolute Gasteiger partial charge is 0.314 e. The van der Waals surface area contributed by atoms with Gasteiger partial charge in [0.2, 0.25) is 5.82 Å². The van der Waals surface area contributed by atoms with E-state index < -0.39 is 0 Å². The van der Waals surface area contributed by atoms with E-state index in [1.54, 1.807) is 19.2 Å². The first kappa shape index (κ1) is 15.7. The van der Waals surface area contributed by atoms with Crippen molar-refractivity contribution in [2.45, 2.75) is 39.7 Å².